The monoisotopic (exact) mass is 131 g/mol. The van der Waals surface area contributed by atoms with Crippen molar-refractivity contribution in [3.63, 3.8) is 0 Å². The molecule has 0 atom stereocenters. The first-order chi connectivity index (χ1) is 4.31. The molecule has 1 aliphatic heterocycles. The van der Waals surface area contributed by atoms with Crippen molar-refractivity contribution in [2.24, 2.45) is 5.84 Å². The van der Waals surface area contributed by atoms with Gasteiger partial charge in [-0.1, -0.05) is 0 Å². The standard InChI is InChI=1S/C4H7NO.CH6N2/c6-4-2-1-3-5-4;1-3-2/h1-3H2,(H,5,6);3H,2H2,1H3. The molecule has 9 heavy (non-hydrogen) atoms. The van der Waals surface area contributed by atoms with Gasteiger partial charge >= 0.3 is 0 Å². The van der Waals surface area contributed by atoms with Crippen molar-refractivity contribution < 1.29 is 4.79 Å². The van der Waals surface area contributed by atoms with Crippen molar-refractivity contribution in [1.82, 2.24) is 10.7 Å². The van der Waals surface area contributed by atoms with Crippen molar-refractivity contribution in [2.75, 3.05) is 13.6 Å². The number of hydrogen-bond acceptors (Lipinski definition) is 3. The molecule has 1 amide bonds. The number of amides is 1. The summed E-state index contributed by atoms with van der Waals surface area (Å²) in [6.07, 6.45) is 1.76. The van der Waals surface area contributed by atoms with Crippen molar-refractivity contribution in [3.8, 4) is 0 Å². The zero-order chi connectivity index (χ0) is 7.11. The van der Waals surface area contributed by atoms with Crippen molar-refractivity contribution in [2.45, 2.75) is 12.8 Å². The molecule has 1 saturated heterocycles. The van der Waals surface area contributed by atoms with E-state index in [0.717, 1.165) is 19.4 Å². The van der Waals surface area contributed by atoms with Crippen LogP contribution in [0.4, 0.5) is 0 Å². The topological polar surface area (TPSA) is 67.1 Å². The highest BCUT2D eigenvalue weighted by Crippen LogP contribution is 1.93. The summed E-state index contributed by atoms with van der Waals surface area (Å²) in [4.78, 5) is 10.1. The van der Waals surface area contributed by atoms with Crippen LogP contribution in [-0.4, -0.2) is 19.5 Å². The van der Waals surface area contributed by atoms with Gasteiger partial charge in [0.05, 0.1) is 0 Å². The van der Waals surface area contributed by atoms with Gasteiger partial charge in [0.2, 0.25) is 5.91 Å². The summed E-state index contributed by atoms with van der Waals surface area (Å²) in [7, 11) is 1.65. The van der Waals surface area contributed by atoms with Gasteiger partial charge < -0.3 is 5.32 Å². The molecule has 1 fully saturated rings. The van der Waals surface area contributed by atoms with E-state index in [4.69, 9.17) is 0 Å². The van der Waals surface area contributed by atoms with Crippen molar-refractivity contribution in [1.29, 1.82) is 0 Å². The molecule has 0 bridgehead atoms. The number of carbonyl (C=O) groups excluding carboxylic acids is 1. The Morgan fingerprint density at radius 3 is 2.44 bits per heavy atom. The summed E-state index contributed by atoms with van der Waals surface area (Å²) >= 11 is 0. The lowest BCUT2D eigenvalue weighted by molar-refractivity contribution is -0.119. The summed E-state index contributed by atoms with van der Waals surface area (Å²) in [5.74, 6) is 4.80. The zero-order valence-electron chi connectivity index (χ0n) is 5.61. The smallest absolute Gasteiger partial charge is 0.220 e. The Kier molecular flexibility index (Phi) is 5.15. The van der Waals surface area contributed by atoms with E-state index in [9.17, 15) is 4.79 Å². The molecule has 4 nitrogen and oxygen atoms in total. The first-order valence-corrected chi connectivity index (χ1v) is 2.95. The minimum Gasteiger partial charge on any atom is -0.356 e. The number of nitrogens with two attached hydrogens (primary N) is 1. The van der Waals surface area contributed by atoms with E-state index >= 15 is 0 Å². The third kappa shape index (κ3) is 5.26. The fourth-order valence-corrected chi connectivity index (χ4v) is 0.565. The number of hydrazine groups is 1. The summed E-state index contributed by atoms with van der Waals surface area (Å²) in [5.41, 5.74) is 2.25. The van der Waals surface area contributed by atoms with E-state index in [2.05, 4.69) is 16.6 Å². The lowest BCUT2D eigenvalue weighted by atomic mass is 10.4. The van der Waals surface area contributed by atoms with Crippen LogP contribution in [0, 0.1) is 0 Å². The normalized spacial score (nSPS) is 16.0. The van der Waals surface area contributed by atoms with Crippen LogP contribution in [-0.2, 0) is 4.79 Å². The maximum Gasteiger partial charge on any atom is 0.220 e. The minimum atomic E-state index is 0.204. The average molecular weight is 131 g/mol. The average Bonchev–Trinajstić information content (AvgIpc) is 2.20. The summed E-state index contributed by atoms with van der Waals surface area (Å²) in [5, 5.41) is 2.68. The van der Waals surface area contributed by atoms with E-state index in [1.807, 2.05) is 0 Å². The van der Waals surface area contributed by atoms with E-state index in [-0.39, 0.29) is 5.91 Å². The molecule has 0 aromatic rings. The van der Waals surface area contributed by atoms with Gasteiger partial charge in [-0.2, -0.15) is 0 Å². The minimum absolute atomic E-state index is 0.204. The second-order valence-corrected chi connectivity index (χ2v) is 1.74. The number of rotatable bonds is 0. The molecule has 1 rings (SSSR count). The maximum absolute atomic E-state index is 10.1. The van der Waals surface area contributed by atoms with Gasteiger partial charge in [0.15, 0.2) is 0 Å². The van der Waals surface area contributed by atoms with E-state index in [1.54, 1.807) is 7.05 Å². The Labute approximate surface area is 54.8 Å². The third-order valence-electron chi connectivity index (χ3n) is 0.903. The predicted octanol–water partition coefficient (Wildman–Crippen LogP) is -1.02. The molecule has 0 aromatic heterocycles. The molecule has 1 aliphatic rings. The highest BCUT2D eigenvalue weighted by Gasteiger charge is 2.05. The Hall–Kier alpha value is -0.610. The third-order valence-corrected chi connectivity index (χ3v) is 0.903. The first kappa shape index (κ1) is 8.39. The van der Waals surface area contributed by atoms with Crippen LogP contribution in [0.25, 0.3) is 0 Å². The van der Waals surface area contributed by atoms with Crippen LogP contribution in [0.5, 0.6) is 0 Å². The summed E-state index contributed by atoms with van der Waals surface area (Å²) in [6, 6.07) is 0. The van der Waals surface area contributed by atoms with Crippen LogP contribution in [0.1, 0.15) is 12.8 Å². The molecule has 1 heterocycles. The van der Waals surface area contributed by atoms with Gasteiger partial charge in [-0.25, -0.2) is 0 Å². The molecule has 0 aromatic carbocycles. The van der Waals surface area contributed by atoms with Crippen LogP contribution < -0.4 is 16.6 Å². The SMILES string of the molecule is CNN.O=C1CCCN1. The van der Waals surface area contributed by atoms with Crippen molar-refractivity contribution in [3.05, 3.63) is 0 Å². The van der Waals surface area contributed by atoms with E-state index in [1.165, 1.54) is 0 Å². The predicted molar refractivity (Wildman–Crippen MR) is 35.5 cm³/mol. The zero-order valence-corrected chi connectivity index (χ0v) is 5.61. The molecule has 0 spiro atoms. The van der Waals surface area contributed by atoms with E-state index in [0.29, 0.717) is 0 Å². The van der Waals surface area contributed by atoms with Gasteiger partial charge in [0.25, 0.3) is 0 Å². The Bertz CT molecular complexity index is 76.3. The van der Waals surface area contributed by atoms with Crippen LogP contribution in [0.3, 0.4) is 0 Å². The summed E-state index contributed by atoms with van der Waals surface area (Å²) in [6.45, 7) is 0.888. The fraction of sp³-hybridized carbons (Fsp3) is 0.800. The van der Waals surface area contributed by atoms with Crippen LogP contribution in [0.15, 0.2) is 0 Å². The van der Waals surface area contributed by atoms with Gasteiger partial charge in [0.1, 0.15) is 0 Å². The van der Waals surface area contributed by atoms with Crippen molar-refractivity contribution >= 4 is 5.91 Å². The molecule has 4 heteroatoms. The van der Waals surface area contributed by atoms with Crippen LogP contribution >= 0.6 is 0 Å². The van der Waals surface area contributed by atoms with E-state index < -0.39 is 0 Å². The highest BCUT2D eigenvalue weighted by molar-refractivity contribution is 5.77. The molecule has 54 valence electrons. The Morgan fingerprint density at radius 1 is 1.78 bits per heavy atom. The van der Waals surface area contributed by atoms with Gasteiger partial charge in [-0.15, -0.1) is 0 Å². The largest absolute Gasteiger partial charge is 0.356 e. The second kappa shape index (κ2) is 5.53. The van der Waals surface area contributed by atoms with Gasteiger partial charge in [-0.3, -0.25) is 16.1 Å². The highest BCUT2D eigenvalue weighted by atomic mass is 16.1. The molecular weight excluding hydrogens is 118 g/mol. The van der Waals surface area contributed by atoms with Gasteiger partial charge in [0, 0.05) is 13.0 Å². The fourth-order valence-electron chi connectivity index (χ4n) is 0.565. The van der Waals surface area contributed by atoms with Gasteiger partial charge in [-0.05, 0) is 13.5 Å². The second-order valence-electron chi connectivity index (χ2n) is 1.74. The number of hydrogen-bond donors (Lipinski definition) is 3. The molecule has 0 unspecified atom stereocenters. The lowest BCUT2D eigenvalue weighted by Gasteiger charge is -1.80. The first-order valence-electron chi connectivity index (χ1n) is 2.95. The Balaban J connectivity index is 0.000000187. The number of carbonyl (C=O) groups is 1. The molecule has 0 saturated carbocycles. The molecular formula is C5H13N3O. The molecule has 0 aliphatic carbocycles. The van der Waals surface area contributed by atoms with Crippen LogP contribution in [0.2, 0.25) is 0 Å². The quantitative estimate of drug-likeness (QED) is 0.291. The summed E-state index contributed by atoms with van der Waals surface area (Å²) < 4.78 is 0. The lowest BCUT2D eigenvalue weighted by Crippen LogP contribution is -2.13. The number of nitrogens with one attached hydrogen (secondary N) is 2. The maximum atomic E-state index is 10.1. The molecule has 0 radical (unpaired) electrons. The Morgan fingerprint density at radius 2 is 2.33 bits per heavy atom. The molecule has 4 N–H and O–H groups in total.